The number of hydrogen-bond donors (Lipinski definition) is 3. The predicted molar refractivity (Wildman–Crippen MR) is 349 cm³/mol. The van der Waals surface area contributed by atoms with Crippen molar-refractivity contribution in [2.75, 3.05) is 39.6 Å². The fourth-order valence-corrected chi connectivity index (χ4v) is 11.8. The van der Waals surface area contributed by atoms with Crippen molar-refractivity contribution in [1.29, 1.82) is 0 Å². The highest BCUT2D eigenvalue weighted by molar-refractivity contribution is 7.47. The van der Waals surface area contributed by atoms with Crippen molar-refractivity contribution in [3.63, 3.8) is 0 Å². The maximum atomic E-state index is 13.0. The lowest BCUT2D eigenvalue weighted by molar-refractivity contribution is -0.161. The van der Waals surface area contributed by atoms with Gasteiger partial charge in [0.25, 0.3) is 0 Å². The van der Waals surface area contributed by atoms with E-state index in [1.54, 1.807) is 0 Å². The molecule has 0 spiro atoms. The molecule has 0 aliphatic rings. The summed E-state index contributed by atoms with van der Waals surface area (Å²) in [7, 11) is -9.89. The van der Waals surface area contributed by atoms with E-state index < -0.39 is 97.5 Å². The molecule has 0 aliphatic carbocycles. The van der Waals surface area contributed by atoms with Gasteiger partial charge >= 0.3 is 39.5 Å². The SMILES string of the molecule is CCCCCCCCCCCCCCCCCCCCCC(=O)O[C@H](COC(=O)CCCCCCCCCC(C)C)COP(=O)(O)OC[C@@H](O)COP(=O)(O)OC[C@@H](COC(=O)CCCCCCCCCC)OC(=O)CCCCCCCCC(C)CC. The average Bonchev–Trinajstić information content (AvgIpc) is 3.71. The molecule has 0 radical (unpaired) electrons. The van der Waals surface area contributed by atoms with Crippen LogP contribution in [0.2, 0.25) is 0 Å². The molecule has 0 fully saturated rings. The largest absolute Gasteiger partial charge is 0.472 e. The van der Waals surface area contributed by atoms with Gasteiger partial charge in [-0.15, -0.1) is 0 Å². The van der Waals surface area contributed by atoms with Crippen LogP contribution in [0, 0.1) is 11.8 Å². The van der Waals surface area contributed by atoms with Crippen LogP contribution >= 0.6 is 15.6 Å². The Labute approximate surface area is 530 Å². The Kier molecular flexibility index (Phi) is 59.0. The average molecular weight is 1280 g/mol. The molecule has 0 aromatic rings. The lowest BCUT2D eigenvalue weighted by Crippen LogP contribution is -2.30. The Balaban J connectivity index is 5.17. The highest BCUT2D eigenvalue weighted by Crippen LogP contribution is 2.45. The van der Waals surface area contributed by atoms with Gasteiger partial charge in [-0.1, -0.05) is 292 Å². The lowest BCUT2D eigenvalue weighted by Gasteiger charge is -2.21. The fraction of sp³-hybridized carbons (Fsp3) is 0.941. The summed E-state index contributed by atoms with van der Waals surface area (Å²) >= 11 is 0. The van der Waals surface area contributed by atoms with Crippen molar-refractivity contribution in [2.24, 2.45) is 11.8 Å². The molecule has 0 aromatic carbocycles. The highest BCUT2D eigenvalue weighted by Gasteiger charge is 2.30. The fourth-order valence-electron chi connectivity index (χ4n) is 10.2. The second-order valence-electron chi connectivity index (χ2n) is 25.3. The second kappa shape index (κ2) is 60.3. The Morgan fingerprint density at radius 3 is 0.874 bits per heavy atom. The van der Waals surface area contributed by atoms with E-state index in [1.165, 1.54) is 148 Å². The lowest BCUT2D eigenvalue weighted by atomic mass is 10.00. The van der Waals surface area contributed by atoms with Crippen LogP contribution in [0.5, 0.6) is 0 Å². The molecule has 3 unspecified atom stereocenters. The number of carbonyl (C=O) groups excluding carboxylic acids is 4. The molecule has 0 saturated heterocycles. The number of rotatable bonds is 67. The van der Waals surface area contributed by atoms with Crippen molar-refractivity contribution in [3.8, 4) is 0 Å². The molecule has 6 atom stereocenters. The van der Waals surface area contributed by atoms with Gasteiger partial charge in [0.05, 0.1) is 26.4 Å². The maximum absolute atomic E-state index is 13.0. The summed E-state index contributed by atoms with van der Waals surface area (Å²) in [5.74, 6) is -0.709. The van der Waals surface area contributed by atoms with Crippen LogP contribution in [0.1, 0.15) is 343 Å². The molecular formula is C68H132O17P2. The minimum atomic E-state index is -4.95. The standard InChI is InChI=1S/C68H132O17P2/c1-7-10-12-14-16-18-19-20-21-22-23-24-25-26-27-28-32-40-46-52-67(72)84-63(56-79-66(71)51-45-39-33-29-30-36-42-48-60(4)5)58-82-86(74,75)80-54-62(69)55-81-87(76,77)83-59-64(57-78-65(70)50-44-38-31-17-15-13-11-8-2)85-68(73)53-47-41-35-34-37-43-49-61(6)9-3/h60-64,69H,7-59H2,1-6H3,(H,74,75)(H,76,77)/t61?,62-,63-,64-/m1/s1. The van der Waals surface area contributed by atoms with Gasteiger partial charge < -0.3 is 33.8 Å². The van der Waals surface area contributed by atoms with Gasteiger partial charge in [-0.3, -0.25) is 37.3 Å². The third-order valence-corrected chi connectivity index (χ3v) is 18.0. The van der Waals surface area contributed by atoms with Crippen molar-refractivity contribution in [1.82, 2.24) is 0 Å². The first-order valence-electron chi connectivity index (χ1n) is 35.5. The molecule has 19 heteroatoms. The summed E-state index contributed by atoms with van der Waals surface area (Å²) in [6, 6.07) is 0. The van der Waals surface area contributed by atoms with Crippen LogP contribution in [0.3, 0.4) is 0 Å². The van der Waals surface area contributed by atoms with Gasteiger partial charge in [-0.05, 0) is 37.5 Å². The van der Waals surface area contributed by atoms with E-state index in [1.807, 2.05) is 0 Å². The van der Waals surface area contributed by atoms with E-state index in [2.05, 4.69) is 41.5 Å². The van der Waals surface area contributed by atoms with Gasteiger partial charge in [-0.2, -0.15) is 0 Å². The molecule has 0 bridgehead atoms. The van der Waals surface area contributed by atoms with Gasteiger partial charge in [0.15, 0.2) is 12.2 Å². The van der Waals surface area contributed by atoms with Crippen molar-refractivity contribution in [3.05, 3.63) is 0 Å². The molecule has 0 rings (SSSR count). The summed E-state index contributed by atoms with van der Waals surface area (Å²) in [6.45, 7) is 9.40. The van der Waals surface area contributed by atoms with Crippen molar-refractivity contribution < 1.29 is 80.2 Å². The molecule has 0 saturated carbocycles. The van der Waals surface area contributed by atoms with E-state index in [4.69, 9.17) is 37.0 Å². The second-order valence-corrected chi connectivity index (χ2v) is 28.2. The molecule has 516 valence electrons. The van der Waals surface area contributed by atoms with Crippen LogP contribution < -0.4 is 0 Å². The molecule has 17 nitrogen and oxygen atoms in total. The zero-order chi connectivity index (χ0) is 64.3. The maximum Gasteiger partial charge on any atom is 0.472 e. The minimum absolute atomic E-state index is 0.103. The molecule has 0 aromatic heterocycles. The molecule has 0 amide bonds. The highest BCUT2D eigenvalue weighted by atomic mass is 31.2. The van der Waals surface area contributed by atoms with E-state index in [0.717, 1.165) is 109 Å². The molecule has 0 heterocycles. The first-order valence-corrected chi connectivity index (χ1v) is 38.5. The number of phosphoric acid groups is 2. The minimum Gasteiger partial charge on any atom is -0.462 e. The summed E-state index contributed by atoms with van der Waals surface area (Å²) in [5, 5.41) is 10.6. The summed E-state index contributed by atoms with van der Waals surface area (Å²) in [6.07, 6.45) is 44.7. The molecular weight excluding hydrogens is 1150 g/mol. The summed E-state index contributed by atoms with van der Waals surface area (Å²) in [4.78, 5) is 72.3. The number of carbonyl (C=O) groups is 4. The number of phosphoric ester groups is 2. The Morgan fingerprint density at radius 1 is 0.333 bits per heavy atom. The summed E-state index contributed by atoms with van der Waals surface area (Å²) < 4.78 is 68.1. The number of ether oxygens (including phenoxy) is 4. The van der Waals surface area contributed by atoms with Crippen LogP contribution in [0.15, 0.2) is 0 Å². The Hall–Kier alpha value is -1.94. The van der Waals surface area contributed by atoms with Crippen molar-refractivity contribution in [2.45, 2.75) is 362 Å². The topological polar surface area (TPSA) is 237 Å². The molecule has 3 N–H and O–H groups in total. The molecule has 0 aliphatic heterocycles. The van der Waals surface area contributed by atoms with E-state index in [9.17, 15) is 43.2 Å². The van der Waals surface area contributed by atoms with E-state index >= 15 is 0 Å². The number of aliphatic hydroxyl groups excluding tert-OH is 1. The number of unbranched alkanes of at least 4 members (excludes halogenated alkanes) is 36. The Bertz CT molecular complexity index is 1700. The van der Waals surface area contributed by atoms with Crippen LogP contribution in [0.4, 0.5) is 0 Å². The normalized spacial score (nSPS) is 14.5. The zero-order valence-electron chi connectivity index (χ0n) is 56.3. The van der Waals surface area contributed by atoms with Crippen LogP contribution in [0.25, 0.3) is 0 Å². The number of esters is 4. The van der Waals surface area contributed by atoms with E-state index in [-0.39, 0.29) is 25.7 Å². The smallest absolute Gasteiger partial charge is 0.462 e. The predicted octanol–water partition coefficient (Wildman–Crippen LogP) is 19.2. The van der Waals surface area contributed by atoms with Gasteiger partial charge in [0.1, 0.15) is 19.3 Å². The quantitative estimate of drug-likeness (QED) is 0.0222. The first-order chi connectivity index (χ1) is 41.9. The monoisotopic (exact) mass is 1280 g/mol. The molecule has 87 heavy (non-hydrogen) atoms. The number of aliphatic hydroxyl groups is 1. The third-order valence-electron chi connectivity index (χ3n) is 16.1. The van der Waals surface area contributed by atoms with Gasteiger partial charge in [0, 0.05) is 25.7 Å². The zero-order valence-corrected chi connectivity index (χ0v) is 58.1. The Morgan fingerprint density at radius 2 is 0.586 bits per heavy atom. The van der Waals surface area contributed by atoms with Gasteiger partial charge in [0.2, 0.25) is 0 Å². The van der Waals surface area contributed by atoms with Crippen LogP contribution in [-0.4, -0.2) is 96.7 Å². The van der Waals surface area contributed by atoms with Crippen LogP contribution in [-0.2, 0) is 65.4 Å². The summed E-state index contributed by atoms with van der Waals surface area (Å²) in [5.41, 5.74) is 0. The van der Waals surface area contributed by atoms with Gasteiger partial charge in [-0.25, -0.2) is 9.13 Å². The first kappa shape index (κ1) is 85.1. The van der Waals surface area contributed by atoms with E-state index in [0.29, 0.717) is 31.6 Å². The number of hydrogen-bond acceptors (Lipinski definition) is 15. The third kappa shape index (κ3) is 61.3. The van der Waals surface area contributed by atoms with Crippen molar-refractivity contribution >= 4 is 39.5 Å².